The van der Waals surface area contributed by atoms with Gasteiger partial charge in [0.25, 0.3) is 0 Å². The first-order chi connectivity index (χ1) is 6.90. The molecule has 0 atom stereocenters. The van der Waals surface area contributed by atoms with Gasteiger partial charge in [-0.15, -0.1) is 0 Å². The summed E-state index contributed by atoms with van der Waals surface area (Å²) in [5.74, 6) is 0. The summed E-state index contributed by atoms with van der Waals surface area (Å²) in [5.41, 5.74) is 2.85. The van der Waals surface area contributed by atoms with Crippen molar-refractivity contribution < 1.29 is 0 Å². The van der Waals surface area contributed by atoms with E-state index in [4.69, 9.17) is 0 Å². The minimum atomic E-state index is 1.25. The van der Waals surface area contributed by atoms with E-state index in [1.54, 1.807) is 0 Å². The molecule has 0 spiro atoms. The van der Waals surface area contributed by atoms with Gasteiger partial charge in [-0.25, -0.2) is 0 Å². The SMILES string of the molecule is CCN1CCCCC1.c1cc2ccc1-2. The third-order valence-corrected chi connectivity index (χ3v) is 3.11. The van der Waals surface area contributed by atoms with Crippen molar-refractivity contribution in [1.82, 2.24) is 4.90 Å². The van der Waals surface area contributed by atoms with E-state index >= 15 is 0 Å². The Morgan fingerprint density at radius 1 is 0.929 bits per heavy atom. The van der Waals surface area contributed by atoms with Crippen LogP contribution in [0.4, 0.5) is 0 Å². The Morgan fingerprint density at radius 3 is 1.64 bits per heavy atom. The van der Waals surface area contributed by atoms with E-state index in [0.717, 1.165) is 0 Å². The van der Waals surface area contributed by atoms with Gasteiger partial charge in [-0.05, 0) is 43.6 Å². The van der Waals surface area contributed by atoms with E-state index in [1.165, 1.54) is 50.0 Å². The fraction of sp³-hybridized carbons (Fsp3) is 0.538. The van der Waals surface area contributed by atoms with Crippen molar-refractivity contribution in [1.29, 1.82) is 0 Å². The van der Waals surface area contributed by atoms with Crippen LogP contribution in [0.3, 0.4) is 0 Å². The molecule has 1 fully saturated rings. The highest BCUT2D eigenvalue weighted by Gasteiger charge is 2.05. The molecule has 0 aromatic rings. The van der Waals surface area contributed by atoms with Gasteiger partial charge < -0.3 is 4.90 Å². The molecule has 3 aliphatic rings. The molecule has 1 nitrogen and oxygen atoms in total. The van der Waals surface area contributed by atoms with Crippen molar-refractivity contribution >= 4 is 0 Å². The molecule has 1 aliphatic heterocycles. The molecule has 3 rings (SSSR count). The molecule has 0 unspecified atom stereocenters. The lowest BCUT2D eigenvalue weighted by Gasteiger charge is -2.24. The number of fused-ring (bicyclic) bond motifs is 1. The summed E-state index contributed by atoms with van der Waals surface area (Å²) in [4.78, 5) is 2.52. The van der Waals surface area contributed by atoms with Crippen LogP contribution in [0.25, 0.3) is 11.1 Å². The monoisotopic (exact) mass is 189 g/mol. The number of rotatable bonds is 1. The Hall–Kier alpha value is -0.820. The molecule has 0 radical (unpaired) electrons. The van der Waals surface area contributed by atoms with Gasteiger partial charge in [0.2, 0.25) is 0 Å². The summed E-state index contributed by atoms with van der Waals surface area (Å²) >= 11 is 0. The van der Waals surface area contributed by atoms with Crippen molar-refractivity contribution in [3.8, 4) is 11.1 Å². The Balaban J connectivity index is 0.000000110. The molecule has 0 bridgehead atoms. The molecule has 0 amide bonds. The Labute approximate surface area is 86.7 Å². The number of hydrogen-bond acceptors (Lipinski definition) is 1. The van der Waals surface area contributed by atoms with Gasteiger partial charge in [-0.1, -0.05) is 37.6 Å². The van der Waals surface area contributed by atoms with Crippen molar-refractivity contribution in [3.05, 3.63) is 24.3 Å². The Morgan fingerprint density at radius 2 is 1.43 bits per heavy atom. The average molecular weight is 189 g/mol. The molecule has 14 heavy (non-hydrogen) atoms. The molecule has 0 aromatic carbocycles. The van der Waals surface area contributed by atoms with Crippen molar-refractivity contribution in [2.24, 2.45) is 0 Å². The van der Waals surface area contributed by atoms with Gasteiger partial charge in [0, 0.05) is 0 Å². The van der Waals surface area contributed by atoms with Crippen LogP contribution in [-0.4, -0.2) is 24.5 Å². The van der Waals surface area contributed by atoms with Crippen LogP contribution in [0.2, 0.25) is 0 Å². The highest BCUT2D eigenvalue weighted by Crippen LogP contribution is 2.29. The molecule has 0 aromatic heterocycles. The maximum Gasteiger partial charge on any atom is -0.00188 e. The van der Waals surface area contributed by atoms with Gasteiger partial charge in [0.05, 0.1) is 0 Å². The molecule has 0 saturated carbocycles. The third-order valence-electron chi connectivity index (χ3n) is 3.11. The summed E-state index contributed by atoms with van der Waals surface area (Å²) < 4.78 is 0. The highest BCUT2D eigenvalue weighted by molar-refractivity contribution is 5.75. The lowest BCUT2D eigenvalue weighted by molar-refractivity contribution is 0.240. The fourth-order valence-corrected chi connectivity index (χ4v) is 1.94. The number of piperidine rings is 1. The normalized spacial score (nSPS) is 18.4. The molecule has 2 aliphatic carbocycles. The van der Waals surface area contributed by atoms with E-state index in [9.17, 15) is 0 Å². The lowest BCUT2D eigenvalue weighted by atomic mass is 9.95. The van der Waals surface area contributed by atoms with Gasteiger partial charge in [0.1, 0.15) is 0 Å². The first kappa shape index (κ1) is 9.72. The molecule has 1 heterocycles. The first-order valence-corrected chi connectivity index (χ1v) is 5.73. The van der Waals surface area contributed by atoms with Crippen LogP contribution >= 0.6 is 0 Å². The second-order valence-corrected chi connectivity index (χ2v) is 4.07. The number of nitrogens with zero attached hydrogens (tertiary/aromatic N) is 1. The number of benzene rings is 1. The van der Waals surface area contributed by atoms with Crippen LogP contribution in [-0.2, 0) is 0 Å². The number of hydrogen-bond donors (Lipinski definition) is 0. The maximum absolute atomic E-state index is 2.52. The van der Waals surface area contributed by atoms with Crippen molar-refractivity contribution in [2.75, 3.05) is 19.6 Å². The predicted octanol–water partition coefficient (Wildman–Crippen LogP) is 3.16. The van der Waals surface area contributed by atoms with E-state index in [2.05, 4.69) is 36.1 Å². The number of likely N-dealkylation sites (tertiary alicyclic amines) is 1. The minimum Gasteiger partial charge on any atom is -0.304 e. The summed E-state index contributed by atoms with van der Waals surface area (Å²) in [6.45, 7) is 6.18. The lowest BCUT2D eigenvalue weighted by Crippen LogP contribution is -2.29. The zero-order valence-electron chi connectivity index (χ0n) is 9.00. The summed E-state index contributed by atoms with van der Waals surface area (Å²) in [6.07, 6.45) is 4.30. The fourth-order valence-electron chi connectivity index (χ4n) is 1.94. The van der Waals surface area contributed by atoms with Gasteiger partial charge in [-0.3, -0.25) is 0 Å². The van der Waals surface area contributed by atoms with Crippen LogP contribution in [0.5, 0.6) is 0 Å². The van der Waals surface area contributed by atoms with Crippen LogP contribution in [0.15, 0.2) is 24.3 Å². The molecular weight excluding hydrogens is 170 g/mol. The standard InChI is InChI=1S/C7H15N.C6H4/c1-2-8-6-4-3-5-7-8;1-2-6-4-3-5(1)6/h2-7H2,1H3;1-4H. The average Bonchev–Trinajstić information content (AvgIpc) is 2.25. The molecule has 1 heteroatoms. The van der Waals surface area contributed by atoms with E-state index in [0.29, 0.717) is 0 Å². The van der Waals surface area contributed by atoms with Crippen molar-refractivity contribution in [3.63, 3.8) is 0 Å². The third kappa shape index (κ3) is 2.16. The maximum atomic E-state index is 2.52. The summed E-state index contributed by atoms with van der Waals surface area (Å²) in [6, 6.07) is 8.48. The van der Waals surface area contributed by atoms with E-state index in [1.807, 2.05) is 0 Å². The van der Waals surface area contributed by atoms with Gasteiger partial charge in [-0.2, -0.15) is 0 Å². The molecule has 0 N–H and O–H groups in total. The quantitative estimate of drug-likeness (QED) is 0.666. The van der Waals surface area contributed by atoms with Crippen molar-refractivity contribution in [2.45, 2.75) is 26.2 Å². The largest absolute Gasteiger partial charge is 0.304 e. The minimum absolute atomic E-state index is 1.25. The Bertz CT molecular complexity index is 249. The van der Waals surface area contributed by atoms with Crippen LogP contribution in [0, 0.1) is 0 Å². The van der Waals surface area contributed by atoms with E-state index in [-0.39, 0.29) is 0 Å². The second-order valence-electron chi connectivity index (χ2n) is 4.07. The molecule has 1 saturated heterocycles. The van der Waals surface area contributed by atoms with Gasteiger partial charge in [0.15, 0.2) is 0 Å². The second kappa shape index (κ2) is 4.61. The van der Waals surface area contributed by atoms with Crippen LogP contribution < -0.4 is 0 Å². The zero-order valence-corrected chi connectivity index (χ0v) is 9.00. The molecule has 76 valence electrons. The predicted molar refractivity (Wildman–Crippen MR) is 61.4 cm³/mol. The van der Waals surface area contributed by atoms with E-state index < -0.39 is 0 Å². The Kier molecular flexibility index (Phi) is 3.20. The van der Waals surface area contributed by atoms with Crippen LogP contribution in [0.1, 0.15) is 26.2 Å². The smallest absolute Gasteiger partial charge is 0.00188 e. The highest BCUT2D eigenvalue weighted by atomic mass is 15.1. The topological polar surface area (TPSA) is 3.24 Å². The van der Waals surface area contributed by atoms with Gasteiger partial charge >= 0.3 is 0 Å². The summed E-state index contributed by atoms with van der Waals surface area (Å²) in [7, 11) is 0. The first-order valence-electron chi connectivity index (χ1n) is 5.73. The summed E-state index contributed by atoms with van der Waals surface area (Å²) in [5, 5.41) is 0. The zero-order chi connectivity index (χ0) is 9.80. The molecular formula is C13H19N.